The maximum Gasteiger partial charge on any atom is 0.164 e. The summed E-state index contributed by atoms with van der Waals surface area (Å²) in [7, 11) is 0. The molecule has 10 aromatic rings. The van der Waals surface area contributed by atoms with Gasteiger partial charge in [-0.2, -0.15) is 0 Å². The Morgan fingerprint density at radius 2 is 0.844 bits per heavy atom. The van der Waals surface area contributed by atoms with Gasteiger partial charge in [0.1, 0.15) is 0 Å². The van der Waals surface area contributed by atoms with E-state index < -0.39 is 0 Å². The van der Waals surface area contributed by atoms with Crippen LogP contribution < -0.4 is 0 Å². The van der Waals surface area contributed by atoms with Gasteiger partial charge >= 0.3 is 0 Å². The van der Waals surface area contributed by atoms with Crippen LogP contribution in [-0.2, 0) is 5.41 Å². The van der Waals surface area contributed by atoms with E-state index in [4.69, 9.17) is 15.0 Å². The molecule has 0 radical (unpaired) electrons. The molecule has 0 unspecified atom stereocenters. The van der Waals surface area contributed by atoms with Crippen LogP contribution >= 0.6 is 11.8 Å². The van der Waals surface area contributed by atoms with E-state index in [2.05, 4.69) is 189 Å². The summed E-state index contributed by atoms with van der Waals surface area (Å²) in [4.78, 5) is 22.4. The molecule has 4 nitrogen and oxygen atoms in total. The molecule has 0 atom stereocenters. The van der Waals surface area contributed by atoms with Gasteiger partial charge in [-0.05, 0) is 108 Å². The van der Waals surface area contributed by atoms with Gasteiger partial charge in [0.2, 0.25) is 0 Å². The number of benzene rings is 8. The fourth-order valence-electron chi connectivity index (χ4n) is 9.66. The standard InChI is InChI=1S/C59H40N4S/c1-59(2)52-24-12-10-22-47(52)50-34-51-49-33-40(58-62-56(38-15-4-3-5-16-38)61-57(63-58)39-28-26-37(27-29-39)41-17-14-32-60-36-41)30-31-46(49)44-20-7-6-18-42(44)43-19-8-9-21-45(43)48-23-11-13-25-54(48)64-55(51)35-53(50)59/h3-36H,1-2H3. The van der Waals surface area contributed by atoms with E-state index >= 15 is 0 Å². The lowest BCUT2D eigenvalue weighted by Crippen LogP contribution is -2.15. The fraction of sp³-hybridized carbons (Fsp3) is 0.0508. The van der Waals surface area contributed by atoms with Gasteiger partial charge in [-0.1, -0.05) is 189 Å². The number of aromatic nitrogens is 4. The molecule has 1 aliphatic carbocycles. The van der Waals surface area contributed by atoms with Gasteiger partial charge < -0.3 is 0 Å². The monoisotopic (exact) mass is 836 g/mol. The van der Waals surface area contributed by atoms with E-state index in [0.29, 0.717) is 17.5 Å². The zero-order valence-corrected chi connectivity index (χ0v) is 36.1. The summed E-state index contributed by atoms with van der Waals surface area (Å²) in [6.45, 7) is 4.73. The molecule has 0 saturated heterocycles. The largest absolute Gasteiger partial charge is 0.264 e. The topological polar surface area (TPSA) is 51.6 Å². The van der Waals surface area contributed by atoms with Gasteiger partial charge in [0.25, 0.3) is 0 Å². The highest BCUT2D eigenvalue weighted by Crippen LogP contribution is 2.55. The molecule has 302 valence electrons. The number of rotatable bonds is 4. The first-order valence-corrected chi connectivity index (χ1v) is 22.5. The molecule has 0 saturated carbocycles. The molecule has 1 aliphatic heterocycles. The van der Waals surface area contributed by atoms with Crippen molar-refractivity contribution in [3.63, 3.8) is 0 Å². The summed E-state index contributed by atoms with van der Waals surface area (Å²) in [6, 6.07) is 69.8. The highest BCUT2D eigenvalue weighted by atomic mass is 32.2. The van der Waals surface area contributed by atoms with Crippen molar-refractivity contribution in [3.8, 4) is 101 Å². The van der Waals surface area contributed by atoms with E-state index in [9.17, 15) is 0 Å². The van der Waals surface area contributed by atoms with Crippen LogP contribution in [-0.4, -0.2) is 19.9 Å². The maximum absolute atomic E-state index is 5.27. The molecule has 2 aliphatic rings. The van der Waals surface area contributed by atoms with E-state index in [0.717, 1.165) is 38.9 Å². The first kappa shape index (κ1) is 38.0. The maximum atomic E-state index is 5.27. The minimum atomic E-state index is -0.164. The van der Waals surface area contributed by atoms with Crippen molar-refractivity contribution in [2.24, 2.45) is 0 Å². The number of hydrogen-bond acceptors (Lipinski definition) is 5. The van der Waals surface area contributed by atoms with E-state index in [1.165, 1.54) is 65.4 Å². The second kappa shape index (κ2) is 15.3. The number of nitrogens with zero attached hydrogens (tertiary/aromatic N) is 4. The minimum absolute atomic E-state index is 0.164. The lowest BCUT2D eigenvalue weighted by molar-refractivity contribution is 0.659. The Balaban J connectivity index is 1.13. The summed E-state index contributed by atoms with van der Waals surface area (Å²) >= 11 is 1.86. The summed E-state index contributed by atoms with van der Waals surface area (Å²) in [5, 5.41) is 0. The van der Waals surface area contributed by atoms with Gasteiger partial charge in [0.05, 0.1) is 0 Å². The Labute approximate surface area is 377 Å². The van der Waals surface area contributed by atoms with E-state index in [1.807, 2.05) is 42.2 Å². The van der Waals surface area contributed by atoms with Crippen LogP contribution in [0.2, 0.25) is 0 Å². The molecule has 0 spiro atoms. The normalized spacial score (nSPS) is 12.9. The zero-order valence-electron chi connectivity index (χ0n) is 35.3. The quantitative estimate of drug-likeness (QED) is 0.177. The third-order valence-electron chi connectivity index (χ3n) is 12.9. The molecule has 5 heteroatoms. The number of fused-ring (bicyclic) bond motifs is 12. The second-order valence-corrected chi connectivity index (χ2v) is 18.1. The molecule has 12 rings (SSSR count). The first-order valence-electron chi connectivity index (χ1n) is 21.7. The Hall–Kier alpha value is -7.73. The Bertz CT molecular complexity index is 3430. The van der Waals surface area contributed by atoms with Crippen molar-refractivity contribution >= 4 is 11.8 Å². The molecular weight excluding hydrogens is 797 g/mol. The third kappa shape index (κ3) is 6.39. The molecule has 0 N–H and O–H groups in total. The number of hydrogen-bond donors (Lipinski definition) is 0. The molecule has 3 heterocycles. The van der Waals surface area contributed by atoms with Crippen LogP contribution in [0.3, 0.4) is 0 Å². The Morgan fingerprint density at radius 1 is 0.328 bits per heavy atom. The smallest absolute Gasteiger partial charge is 0.164 e. The summed E-state index contributed by atoms with van der Waals surface area (Å²) in [5.74, 6) is 1.85. The summed E-state index contributed by atoms with van der Waals surface area (Å²) in [6.07, 6.45) is 3.68. The fourth-order valence-corrected chi connectivity index (χ4v) is 10.8. The third-order valence-corrected chi connectivity index (χ3v) is 14.0. The lowest BCUT2D eigenvalue weighted by atomic mass is 9.81. The SMILES string of the molecule is CC1(C)c2ccccc2-c2cc3c(cc21)Sc1ccccc1-c1ccccc1-c1ccccc1-c1ccc(-c2nc(-c4ccccc4)nc(-c4ccc(-c5cccnc5)cc4)n2)cc1-3. The molecule has 64 heavy (non-hydrogen) atoms. The second-order valence-electron chi connectivity index (χ2n) is 17.0. The average Bonchev–Trinajstić information content (AvgIpc) is 3.58. The van der Waals surface area contributed by atoms with Crippen LogP contribution in [0.15, 0.2) is 216 Å². The van der Waals surface area contributed by atoms with Crippen molar-refractivity contribution in [1.29, 1.82) is 0 Å². The predicted octanol–water partition coefficient (Wildman–Crippen LogP) is 15.4. The molecular formula is C59H40N4S. The molecule has 2 aromatic heterocycles. The van der Waals surface area contributed by atoms with Crippen LogP contribution in [0.4, 0.5) is 0 Å². The molecule has 0 amide bonds. The van der Waals surface area contributed by atoms with Crippen LogP contribution in [0.25, 0.3) is 101 Å². The predicted molar refractivity (Wildman–Crippen MR) is 263 cm³/mol. The van der Waals surface area contributed by atoms with Gasteiger partial charge in [0.15, 0.2) is 17.5 Å². The lowest BCUT2D eigenvalue weighted by Gasteiger charge is -2.23. The van der Waals surface area contributed by atoms with Crippen molar-refractivity contribution < 1.29 is 0 Å². The molecule has 8 aromatic carbocycles. The average molecular weight is 837 g/mol. The zero-order chi connectivity index (χ0) is 42.8. The van der Waals surface area contributed by atoms with E-state index in [-0.39, 0.29) is 5.41 Å². The van der Waals surface area contributed by atoms with Gasteiger partial charge in [0, 0.05) is 44.3 Å². The number of pyridine rings is 1. The van der Waals surface area contributed by atoms with Crippen molar-refractivity contribution in [2.75, 3.05) is 0 Å². The van der Waals surface area contributed by atoms with Crippen LogP contribution in [0.5, 0.6) is 0 Å². The van der Waals surface area contributed by atoms with Crippen molar-refractivity contribution in [1.82, 2.24) is 19.9 Å². The summed E-state index contributed by atoms with van der Waals surface area (Å²) in [5.41, 5.74) is 19.4. The molecule has 0 bridgehead atoms. The molecule has 0 fully saturated rings. The van der Waals surface area contributed by atoms with Gasteiger partial charge in [-0.3, -0.25) is 4.98 Å². The van der Waals surface area contributed by atoms with Gasteiger partial charge in [-0.15, -0.1) is 0 Å². The van der Waals surface area contributed by atoms with Crippen LogP contribution in [0.1, 0.15) is 25.0 Å². The van der Waals surface area contributed by atoms with Crippen molar-refractivity contribution in [2.45, 2.75) is 29.1 Å². The first-order chi connectivity index (χ1) is 31.5. The highest BCUT2D eigenvalue weighted by molar-refractivity contribution is 7.99. The Kier molecular flexibility index (Phi) is 9.06. The van der Waals surface area contributed by atoms with Gasteiger partial charge in [-0.25, -0.2) is 15.0 Å². The Morgan fingerprint density at radius 3 is 1.52 bits per heavy atom. The van der Waals surface area contributed by atoms with E-state index in [1.54, 1.807) is 6.20 Å². The van der Waals surface area contributed by atoms with Crippen LogP contribution in [0, 0.1) is 0 Å². The minimum Gasteiger partial charge on any atom is -0.264 e. The highest BCUT2D eigenvalue weighted by Gasteiger charge is 2.37. The summed E-state index contributed by atoms with van der Waals surface area (Å²) < 4.78 is 0. The van der Waals surface area contributed by atoms with Crippen molar-refractivity contribution in [3.05, 3.63) is 218 Å².